The van der Waals surface area contributed by atoms with Gasteiger partial charge in [0.05, 0.1) is 11.6 Å². The summed E-state index contributed by atoms with van der Waals surface area (Å²) in [6.45, 7) is 2.17. The van der Waals surface area contributed by atoms with Crippen molar-refractivity contribution in [1.82, 2.24) is 10.6 Å². The Morgan fingerprint density at radius 3 is 2.90 bits per heavy atom. The van der Waals surface area contributed by atoms with E-state index in [9.17, 15) is 4.79 Å². The Hall–Kier alpha value is -1.30. The number of ether oxygens (including phenoxy) is 2. The molecule has 2 N–H and O–H groups in total. The first-order valence-electron chi connectivity index (χ1n) is 7.09. The van der Waals surface area contributed by atoms with Gasteiger partial charge in [0.25, 0.3) is 5.91 Å². The van der Waals surface area contributed by atoms with Crippen LogP contribution in [-0.2, 0) is 16.1 Å². The Balaban J connectivity index is 1.76. The van der Waals surface area contributed by atoms with Gasteiger partial charge in [-0.2, -0.15) is 0 Å². The number of benzene rings is 1. The summed E-state index contributed by atoms with van der Waals surface area (Å²) in [6.07, 6.45) is 2.13. The summed E-state index contributed by atoms with van der Waals surface area (Å²) in [4.78, 5) is 11.5. The second-order valence-electron chi connectivity index (χ2n) is 5.06. The van der Waals surface area contributed by atoms with Gasteiger partial charge in [0, 0.05) is 26.2 Å². The van der Waals surface area contributed by atoms with E-state index in [1.807, 2.05) is 12.1 Å². The number of amides is 1. The average Bonchev–Trinajstić information content (AvgIpc) is 3.26. The average molecular weight is 313 g/mol. The molecule has 0 heterocycles. The largest absolute Gasteiger partial charge is 0.482 e. The van der Waals surface area contributed by atoms with Crippen molar-refractivity contribution < 1.29 is 14.3 Å². The molecule has 116 valence electrons. The molecule has 0 atom stereocenters. The molecule has 1 aromatic rings. The van der Waals surface area contributed by atoms with E-state index in [4.69, 9.17) is 21.1 Å². The predicted molar refractivity (Wildman–Crippen MR) is 81.7 cm³/mol. The molecule has 21 heavy (non-hydrogen) atoms. The molecular formula is C15H21ClN2O3. The number of hydrogen-bond acceptors (Lipinski definition) is 4. The molecule has 1 aliphatic rings. The van der Waals surface area contributed by atoms with E-state index in [0.717, 1.165) is 24.9 Å². The second-order valence-corrected chi connectivity index (χ2v) is 5.47. The van der Waals surface area contributed by atoms with Gasteiger partial charge in [-0.25, -0.2) is 0 Å². The van der Waals surface area contributed by atoms with Gasteiger partial charge in [-0.1, -0.05) is 17.7 Å². The Morgan fingerprint density at radius 2 is 2.24 bits per heavy atom. The summed E-state index contributed by atoms with van der Waals surface area (Å²) in [7, 11) is 1.67. The lowest BCUT2D eigenvalue weighted by atomic mass is 10.2. The highest BCUT2D eigenvalue weighted by Gasteiger charge is 2.23. The summed E-state index contributed by atoms with van der Waals surface area (Å²) in [5.74, 6) is 0.433. The number of hydrogen-bond donors (Lipinski definition) is 2. The van der Waals surface area contributed by atoms with Crippen LogP contribution in [0.25, 0.3) is 0 Å². The minimum absolute atomic E-state index is 0.00164. The normalized spacial score (nSPS) is 14.0. The Labute approximate surface area is 130 Å². The standard InChI is InChI=1S/C15H21ClN2O3/c1-20-7-6-17-9-11-2-5-14(13(16)8-11)21-10-15(19)18-12-3-4-12/h2,5,8,12,17H,3-4,6-7,9-10H2,1H3,(H,18,19). The summed E-state index contributed by atoms with van der Waals surface area (Å²) in [5, 5.41) is 6.62. The van der Waals surface area contributed by atoms with Crippen molar-refractivity contribution in [2.45, 2.75) is 25.4 Å². The summed E-state index contributed by atoms with van der Waals surface area (Å²) >= 11 is 6.16. The van der Waals surface area contributed by atoms with Crippen LogP contribution in [0.2, 0.25) is 5.02 Å². The molecule has 0 spiro atoms. The molecule has 1 fully saturated rings. The van der Waals surface area contributed by atoms with Crippen LogP contribution in [0.5, 0.6) is 5.75 Å². The van der Waals surface area contributed by atoms with Gasteiger partial charge < -0.3 is 20.1 Å². The van der Waals surface area contributed by atoms with Gasteiger partial charge >= 0.3 is 0 Å². The number of halogens is 1. The molecule has 0 unspecified atom stereocenters. The first-order chi connectivity index (χ1) is 10.2. The fourth-order valence-corrected chi connectivity index (χ4v) is 2.08. The zero-order valence-corrected chi connectivity index (χ0v) is 12.9. The molecule has 0 saturated heterocycles. The van der Waals surface area contributed by atoms with Crippen molar-refractivity contribution in [3.05, 3.63) is 28.8 Å². The summed E-state index contributed by atoms with van der Waals surface area (Å²) < 4.78 is 10.4. The van der Waals surface area contributed by atoms with Gasteiger partial charge in [0.1, 0.15) is 5.75 Å². The number of carbonyl (C=O) groups is 1. The lowest BCUT2D eigenvalue weighted by Gasteiger charge is -2.10. The molecular weight excluding hydrogens is 292 g/mol. The highest BCUT2D eigenvalue weighted by Crippen LogP contribution is 2.25. The monoisotopic (exact) mass is 312 g/mol. The topological polar surface area (TPSA) is 59.6 Å². The van der Waals surface area contributed by atoms with Crippen molar-refractivity contribution in [3.8, 4) is 5.75 Å². The van der Waals surface area contributed by atoms with Crippen LogP contribution >= 0.6 is 11.6 Å². The van der Waals surface area contributed by atoms with Crippen LogP contribution in [0.1, 0.15) is 18.4 Å². The third-order valence-corrected chi connectivity index (χ3v) is 3.40. The number of methoxy groups -OCH3 is 1. The van der Waals surface area contributed by atoms with Crippen LogP contribution in [0.3, 0.4) is 0 Å². The highest BCUT2D eigenvalue weighted by molar-refractivity contribution is 6.32. The highest BCUT2D eigenvalue weighted by atomic mass is 35.5. The summed E-state index contributed by atoms with van der Waals surface area (Å²) in [5.41, 5.74) is 1.06. The molecule has 0 aromatic heterocycles. The maximum absolute atomic E-state index is 11.5. The van der Waals surface area contributed by atoms with Gasteiger partial charge in [0.15, 0.2) is 6.61 Å². The first kappa shape index (κ1) is 16.1. The molecule has 6 heteroatoms. The molecule has 0 bridgehead atoms. The van der Waals surface area contributed by atoms with Gasteiger partial charge in [-0.3, -0.25) is 4.79 Å². The molecule has 0 aliphatic heterocycles. The van der Waals surface area contributed by atoms with Crippen LogP contribution in [0.4, 0.5) is 0 Å². The number of carbonyl (C=O) groups excluding carboxylic acids is 1. The fraction of sp³-hybridized carbons (Fsp3) is 0.533. The zero-order chi connectivity index (χ0) is 15.1. The van der Waals surface area contributed by atoms with E-state index < -0.39 is 0 Å². The fourth-order valence-electron chi connectivity index (χ4n) is 1.82. The van der Waals surface area contributed by atoms with Crippen molar-refractivity contribution in [2.75, 3.05) is 26.9 Å². The quantitative estimate of drug-likeness (QED) is 0.682. The summed E-state index contributed by atoms with van der Waals surface area (Å²) in [6, 6.07) is 5.91. The van der Waals surface area contributed by atoms with Crippen LogP contribution < -0.4 is 15.4 Å². The maximum atomic E-state index is 11.5. The van der Waals surface area contributed by atoms with Gasteiger partial charge in [0.2, 0.25) is 0 Å². The number of nitrogens with one attached hydrogen (secondary N) is 2. The van der Waals surface area contributed by atoms with E-state index >= 15 is 0 Å². The minimum Gasteiger partial charge on any atom is -0.482 e. The molecule has 1 aliphatic carbocycles. The predicted octanol–water partition coefficient (Wildman–Crippen LogP) is 1.73. The van der Waals surface area contributed by atoms with Crippen molar-refractivity contribution in [1.29, 1.82) is 0 Å². The van der Waals surface area contributed by atoms with E-state index in [1.165, 1.54) is 0 Å². The number of rotatable bonds is 9. The SMILES string of the molecule is COCCNCc1ccc(OCC(=O)NC2CC2)c(Cl)c1. The van der Waals surface area contributed by atoms with E-state index in [0.29, 0.717) is 30.0 Å². The van der Waals surface area contributed by atoms with Crippen LogP contribution in [0.15, 0.2) is 18.2 Å². The van der Waals surface area contributed by atoms with E-state index in [-0.39, 0.29) is 12.5 Å². The lowest BCUT2D eigenvalue weighted by Crippen LogP contribution is -2.30. The second kappa shape index (κ2) is 8.22. The molecule has 5 nitrogen and oxygen atoms in total. The van der Waals surface area contributed by atoms with Crippen molar-refractivity contribution >= 4 is 17.5 Å². The molecule has 1 amide bonds. The zero-order valence-electron chi connectivity index (χ0n) is 12.2. The van der Waals surface area contributed by atoms with Crippen molar-refractivity contribution in [2.24, 2.45) is 0 Å². The Bertz CT molecular complexity index is 478. The van der Waals surface area contributed by atoms with E-state index in [2.05, 4.69) is 10.6 Å². The van der Waals surface area contributed by atoms with Crippen molar-refractivity contribution in [3.63, 3.8) is 0 Å². The third-order valence-electron chi connectivity index (χ3n) is 3.11. The molecule has 2 rings (SSSR count). The minimum atomic E-state index is -0.0983. The molecule has 1 aromatic carbocycles. The Morgan fingerprint density at radius 1 is 1.43 bits per heavy atom. The third kappa shape index (κ3) is 5.91. The Kier molecular flexibility index (Phi) is 6.29. The van der Waals surface area contributed by atoms with Crippen LogP contribution in [-0.4, -0.2) is 38.8 Å². The molecule has 1 saturated carbocycles. The first-order valence-corrected chi connectivity index (χ1v) is 7.47. The van der Waals surface area contributed by atoms with E-state index in [1.54, 1.807) is 13.2 Å². The smallest absolute Gasteiger partial charge is 0.258 e. The van der Waals surface area contributed by atoms with Crippen LogP contribution in [0, 0.1) is 0 Å². The lowest BCUT2D eigenvalue weighted by molar-refractivity contribution is -0.123. The maximum Gasteiger partial charge on any atom is 0.258 e. The van der Waals surface area contributed by atoms with Gasteiger partial charge in [-0.05, 0) is 30.5 Å². The van der Waals surface area contributed by atoms with Gasteiger partial charge in [-0.15, -0.1) is 0 Å². The molecule has 0 radical (unpaired) electrons.